The molecule has 9 N–H and O–H groups in total. The predicted molar refractivity (Wildman–Crippen MR) is 235 cm³/mol. The van der Waals surface area contributed by atoms with Gasteiger partial charge in [0, 0.05) is 6.42 Å². The van der Waals surface area contributed by atoms with E-state index in [2.05, 4.69) is 86.0 Å². The van der Waals surface area contributed by atoms with Gasteiger partial charge in [0.1, 0.15) is 48.8 Å². The summed E-state index contributed by atoms with van der Waals surface area (Å²) in [6, 6.07) is -0.963. The molecule has 1 amide bonds. The average molecular weight is 864 g/mol. The first-order valence-electron chi connectivity index (χ1n) is 22.3. The zero-order valence-electron chi connectivity index (χ0n) is 36.4. The smallest absolute Gasteiger partial charge is 0.220 e. The molecule has 2 heterocycles. The molecule has 14 heteroatoms. The third-order valence-electron chi connectivity index (χ3n) is 10.3. The number of hydrogen-bond acceptors (Lipinski definition) is 13. The van der Waals surface area contributed by atoms with Gasteiger partial charge in [-0.3, -0.25) is 4.79 Å². The summed E-state index contributed by atoms with van der Waals surface area (Å²) >= 11 is 0. The quantitative estimate of drug-likeness (QED) is 0.0351. The molecule has 14 nitrogen and oxygen atoms in total. The van der Waals surface area contributed by atoms with Crippen LogP contribution in [0.5, 0.6) is 0 Å². The first kappa shape index (κ1) is 54.3. The van der Waals surface area contributed by atoms with Gasteiger partial charge in [-0.2, -0.15) is 0 Å². The van der Waals surface area contributed by atoms with Crippen molar-refractivity contribution in [3.8, 4) is 0 Å². The Morgan fingerprint density at radius 3 is 1.77 bits per heavy atom. The van der Waals surface area contributed by atoms with Crippen molar-refractivity contribution < 1.29 is 64.6 Å². The van der Waals surface area contributed by atoms with E-state index in [-0.39, 0.29) is 18.9 Å². The van der Waals surface area contributed by atoms with Crippen LogP contribution in [0.3, 0.4) is 0 Å². The van der Waals surface area contributed by atoms with E-state index in [9.17, 15) is 45.6 Å². The van der Waals surface area contributed by atoms with Crippen molar-refractivity contribution in [2.45, 2.75) is 184 Å². The number of unbranched alkanes of at least 4 members (excludes halogenated alkanes) is 6. The Kier molecular flexibility index (Phi) is 30.0. The lowest BCUT2D eigenvalue weighted by Gasteiger charge is -2.46. The summed E-state index contributed by atoms with van der Waals surface area (Å²) < 4.78 is 22.5. The Labute approximate surface area is 363 Å². The second-order valence-electron chi connectivity index (χ2n) is 15.4. The van der Waals surface area contributed by atoms with E-state index in [4.69, 9.17) is 18.9 Å². The molecular weight excluding hydrogens is 787 g/mol. The van der Waals surface area contributed by atoms with Gasteiger partial charge in [0.2, 0.25) is 5.91 Å². The van der Waals surface area contributed by atoms with Crippen LogP contribution in [0, 0.1) is 0 Å². The largest absolute Gasteiger partial charge is 0.394 e. The van der Waals surface area contributed by atoms with E-state index in [1.807, 2.05) is 12.2 Å². The maximum absolute atomic E-state index is 13.1. The number of carbonyl (C=O) groups excluding carboxylic acids is 1. The number of carbonyl (C=O) groups is 1. The number of ether oxygens (including phenoxy) is 4. The zero-order chi connectivity index (χ0) is 44.7. The van der Waals surface area contributed by atoms with Crippen LogP contribution in [-0.4, -0.2) is 140 Å². The van der Waals surface area contributed by atoms with Crippen molar-refractivity contribution in [2.24, 2.45) is 0 Å². The van der Waals surface area contributed by atoms with Gasteiger partial charge in [-0.15, -0.1) is 0 Å². The molecule has 61 heavy (non-hydrogen) atoms. The molecule has 0 aromatic rings. The summed E-state index contributed by atoms with van der Waals surface area (Å²) in [7, 11) is 0. The molecule has 2 fully saturated rings. The molecule has 0 saturated carbocycles. The summed E-state index contributed by atoms with van der Waals surface area (Å²) in [6.45, 7) is 2.52. The Morgan fingerprint density at radius 1 is 0.607 bits per heavy atom. The summed E-state index contributed by atoms with van der Waals surface area (Å²) in [5, 5.41) is 86.3. The first-order valence-corrected chi connectivity index (χ1v) is 22.3. The molecule has 2 aliphatic rings. The van der Waals surface area contributed by atoms with Gasteiger partial charge in [-0.1, -0.05) is 118 Å². The fraction of sp³-hybridized carbons (Fsp3) is 0.681. The summed E-state index contributed by atoms with van der Waals surface area (Å²) in [5.74, 6) is -0.314. The van der Waals surface area contributed by atoms with Crippen molar-refractivity contribution in [1.29, 1.82) is 0 Å². The van der Waals surface area contributed by atoms with Crippen LogP contribution in [0.2, 0.25) is 0 Å². The molecule has 2 aliphatic heterocycles. The molecule has 0 aliphatic carbocycles. The molecule has 2 saturated heterocycles. The average Bonchev–Trinajstić information content (AvgIpc) is 3.26. The molecule has 12 atom stereocenters. The van der Waals surface area contributed by atoms with Crippen molar-refractivity contribution in [2.75, 3.05) is 19.8 Å². The molecule has 0 aromatic heterocycles. The number of amides is 1. The molecule has 2 rings (SSSR count). The minimum absolute atomic E-state index is 0.190. The monoisotopic (exact) mass is 864 g/mol. The van der Waals surface area contributed by atoms with Crippen LogP contribution in [-0.2, 0) is 23.7 Å². The highest BCUT2D eigenvalue weighted by molar-refractivity contribution is 5.76. The molecular formula is C47H77NO13. The standard InChI is InChI=1S/C47H77NO13/c1-3-5-7-9-11-13-15-16-17-18-19-20-21-23-25-27-29-31-39(52)48-35(36(51)30-28-26-24-22-14-12-10-8-6-4-2)34-58-46-44(57)42(55)45(38(33-50)60-46)61-47-43(56)41(54)40(53)37(32-49)59-47/h5,7,11,13-14,16-17,19-20,22-23,25,28,30,35-38,40-47,49-51,53-57H,3-4,6,8-10,12,15,18,21,24,26-27,29,31-34H2,1-2H3,(H,48,52)/b7-5-,13-11-,17-16-,20-19-,22-14+,25-23-,30-28+. The molecule has 0 bridgehead atoms. The highest BCUT2D eigenvalue weighted by Crippen LogP contribution is 2.29. The van der Waals surface area contributed by atoms with Crippen LogP contribution in [0.25, 0.3) is 0 Å². The zero-order valence-corrected chi connectivity index (χ0v) is 36.4. The van der Waals surface area contributed by atoms with E-state index in [0.29, 0.717) is 19.3 Å². The topological polar surface area (TPSA) is 228 Å². The predicted octanol–water partition coefficient (Wildman–Crippen LogP) is 4.26. The van der Waals surface area contributed by atoms with Crippen LogP contribution in [0.15, 0.2) is 85.1 Å². The minimum Gasteiger partial charge on any atom is -0.394 e. The van der Waals surface area contributed by atoms with Gasteiger partial charge >= 0.3 is 0 Å². The summed E-state index contributed by atoms with van der Waals surface area (Å²) in [5.41, 5.74) is 0. The summed E-state index contributed by atoms with van der Waals surface area (Å²) in [6.07, 6.45) is 25.1. The summed E-state index contributed by atoms with van der Waals surface area (Å²) in [4.78, 5) is 13.1. The Bertz CT molecular complexity index is 1350. The normalized spacial score (nSPS) is 28.8. The van der Waals surface area contributed by atoms with Crippen LogP contribution in [0.4, 0.5) is 0 Å². The van der Waals surface area contributed by atoms with Crippen LogP contribution >= 0.6 is 0 Å². The van der Waals surface area contributed by atoms with Gasteiger partial charge in [-0.05, 0) is 70.6 Å². The Hall–Kier alpha value is -2.83. The van der Waals surface area contributed by atoms with E-state index < -0.39 is 86.8 Å². The molecule has 348 valence electrons. The van der Waals surface area contributed by atoms with Gasteiger partial charge in [0.05, 0.1) is 32.0 Å². The number of hydrogen-bond donors (Lipinski definition) is 9. The van der Waals surface area contributed by atoms with Crippen molar-refractivity contribution in [3.63, 3.8) is 0 Å². The van der Waals surface area contributed by atoms with Crippen molar-refractivity contribution in [1.82, 2.24) is 5.32 Å². The maximum atomic E-state index is 13.1. The fourth-order valence-electron chi connectivity index (χ4n) is 6.63. The first-order chi connectivity index (χ1) is 29.6. The van der Waals surface area contributed by atoms with E-state index >= 15 is 0 Å². The lowest BCUT2D eigenvalue weighted by Crippen LogP contribution is -2.65. The highest BCUT2D eigenvalue weighted by Gasteiger charge is 2.50. The van der Waals surface area contributed by atoms with Crippen LogP contribution < -0.4 is 5.32 Å². The molecule has 12 unspecified atom stereocenters. The van der Waals surface area contributed by atoms with Gasteiger partial charge in [-0.25, -0.2) is 0 Å². The van der Waals surface area contributed by atoms with E-state index in [0.717, 1.165) is 51.4 Å². The Morgan fingerprint density at radius 2 is 1.15 bits per heavy atom. The SMILES string of the molecule is CC/C=C\C/C=C\C/C=C\C/C=C\C/C=C\CCCC(=O)NC(COC1OC(CO)C(OC2OC(CO)C(O)C(O)C2O)C(O)C1O)C(O)/C=C/CC/C=C/CCCCCC. The number of allylic oxidation sites excluding steroid dienone is 13. The van der Waals surface area contributed by atoms with Crippen LogP contribution in [0.1, 0.15) is 110 Å². The number of aliphatic hydroxyl groups excluding tert-OH is 8. The molecule has 0 aromatic carbocycles. The molecule has 0 spiro atoms. The third-order valence-corrected chi connectivity index (χ3v) is 10.3. The van der Waals surface area contributed by atoms with Crippen molar-refractivity contribution in [3.05, 3.63) is 85.1 Å². The number of nitrogens with one attached hydrogen (secondary N) is 1. The van der Waals surface area contributed by atoms with Gasteiger partial charge < -0.3 is 65.1 Å². The van der Waals surface area contributed by atoms with E-state index in [1.54, 1.807) is 6.08 Å². The number of aliphatic hydroxyl groups is 8. The van der Waals surface area contributed by atoms with Gasteiger partial charge in [0.15, 0.2) is 12.6 Å². The Balaban J connectivity index is 1.93. The van der Waals surface area contributed by atoms with Crippen molar-refractivity contribution >= 4 is 5.91 Å². The lowest BCUT2D eigenvalue weighted by atomic mass is 9.97. The highest BCUT2D eigenvalue weighted by atomic mass is 16.7. The fourth-order valence-corrected chi connectivity index (χ4v) is 6.63. The second kappa shape index (κ2) is 33.7. The third kappa shape index (κ3) is 21.9. The number of rotatable bonds is 31. The lowest BCUT2D eigenvalue weighted by molar-refractivity contribution is -0.359. The van der Waals surface area contributed by atoms with Gasteiger partial charge in [0.25, 0.3) is 0 Å². The minimum atomic E-state index is -1.80. The maximum Gasteiger partial charge on any atom is 0.220 e. The second-order valence-corrected chi connectivity index (χ2v) is 15.4. The van der Waals surface area contributed by atoms with E-state index in [1.165, 1.54) is 19.3 Å². The molecule has 0 radical (unpaired) electrons.